The Balaban J connectivity index is 1.54. The van der Waals surface area contributed by atoms with Gasteiger partial charge in [-0.1, -0.05) is 26.2 Å². The smallest absolute Gasteiger partial charge is 0.231 e. The Bertz CT molecular complexity index is 617. The average molecular weight is 332 g/mol. The van der Waals surface area contributed by atoms with Crippen molar-refractivity contribution in [2.24, 2.45) is 5.92 Å². The van der Waals surface area contributed by atoms with Gasteiger partial charge in [0.1, 0.15) is 0 Å². The van der Waals surface area contributed by atoms with Crippen molar-refractivity contribution >= 4 is 17.5 Å². The molecule has 1 aromatic carbocycles. The highest BCUT2D eigenvalue weighted by Gasteiger charge is 2.35. The van der Waals surface area contributed by atoms with Crippen molar-refractivity contribution in [3.8, 4) is 11.5 Å². The average Bonchev–Trinajstić information content (AvgIpc) is 3.20. The first kappa shape index (κ1) is 16.6. The lowest BCUT2D eigenvalue weighted by Gasteiger charge is -2.17. The van der Waals surface area contributed by atoms with Crippen molar-refractivity contribution in [2.75, 3.05) is 24.8 Å². The first-order valence-electron chi connectivity index (χ1n) is 8.66. The van der Waals surface area contributed by atoms with Gasteiger partial charge in [-0.3, -0.25) is 9.59 Å². The fourth-order valence-electron chi connectivity index (χ4n) is 3.09. The Kier molecular flexibility index (Phi) is 5.23. The van der Waals surface area contributed by atoms with Crippen molar-refractivity contribution in [3.05, 3.63) is 18.2 Å². The number of nitrogens with one attached hydrogen (secondary N) is 1. The summed E-state index contributed by atoms with van der Waals surface area (Å²) in [5.41, 5.74) is 0.752. The standard InChI is InChI=1S/C18H24N2O4/c1-2-3-4-5-8-19-18(22)13-9-17(21)20(11-13)14-6-7-15-16(10-14)24-12-23-15/h6-7,10,13H,2-5,8-9,11-12H2,1H3,(H,19,22). The van der Waals surface area contributed by atoms with Gasteiger partial charge >= 0.3 is 0 Å². The van der Waals surface area contributed by atoms with Crippen LogP contribution in [0.1, 0.15) is 39.0 Å². The maximum Gasteiger partial charge on any atom is 0.231 e. The summed E-state index contributed by atoms with van der Waals surface area (Å²) in [7, 11) is 0. The van der Waals surface area contributed by atoms with E-state index in [1.54, 1.807) is 17.0 Å². The second-order valence-electron chi connectivity index (χ2n) is 6.29. The zero-order valence-electron chi connectivity index (χ0n) is 14.0. The number of rotatable bonds is 7. The number of anilines is 1. The summed E-state index contributed by atoms with van der Waals surface area (Å²) >= 11 is 0. The van der Waals surface area contributed by atoms with E-state index < -0.39 is 0 Å². The molecule has 3 rings (SSSR count). The highest BCUT2D eigenvalue weighted by Crippen LogP contribution is 2.37. The Morgan fingerprint density at radius 2 is 2.08 bits per heavy atom. The summed E-state index contributed by atoms with van der Waals surface area (Å²) in [5, 5.41) is 2.96. The molecule has 1 saturated heterocycles. The molecule has 1 N–H and O–H groups in total. The Morgan fingerprint density at radius 3 is 2.92 bits per heavy atom. The molecule has 0 saturated carbocycles. The van der Waals surface area contributed by atoms with Crippen LogP contribution in [0.3, 0.4) is 0 Å². The van der Waals surface area contributed by atoms with Crippen molar-refractivity contribution in [2.45, 2.75) is 39.0 Å². The monoisotopic (exact) mass is 332 g/mol. The van der Waals surface area contributed by atoms with Gasteiger partial charge in [-0.2, -0.15) is 0 Å². The maximum atomic E-state index is 12.3. The molecular weight excluding hydrogens is 308 g/mol. The fourth-order valence-corrected chi connectivity index (χ4v) is 3.09. The van der Waals surface area contributed by atoms with Crippen molar-refractivity contribution in [1.82, 2.24) is 5.32 Å². The van der Waals surface area contributed by atoms with Crippen LogP contribution in [0.4, 0.5) is 5.69 Å². The van der Waals surface area contributed by atoms with E-state index >= 15 is 0 Å². The van der Waals surface area contributed by atoms with Crippen LogP contribution in [-0.2, 0) is 9.59 Å². The van der Waals surface area contributed by atoms with Crippen LogP contribution in [-0.4, -0.2) is 31.7 Å². The lowest BCUT2D eigenvalue weighted by molar-refractivity contribution is -0.126. The van der Waals surface area contributed by atoms with Crippen molar-refractivity contribution in [1.29, 1.82) is 0 Å². The van der Waals surface area contributed by atoms with Gasteiger partial charge in [0.15, 0.2) is 11.5 Å². The van der Waals surface area contributed by atoms with Gasteiger partial charge < -0.3 is 19.7 Å². The maximum absolute atomic E-state index is 12.3. The van der Waals surface area contributed by atoms with Crippen LogP contribution in [0.25, 0.3) is 0 Å². The first-order valence-corrected chi connectivity index (χ1v) is 8.66. The number of fused-ring (bicyclic) bond motifs is 1. The molecule has 6 nitrogen and oxygen atoms in total. The van der Waals surface area contributed by atoms with E-state index in [9.17, 15) is 9.59 Å². The van der Waals surface area contributed by atoms with E-state index in [-0.39, 0.29) is 30.9 Å². The molecule has 1 unspecified atom stereocenters. The Labute approximate surface area is 142 Å². The minimum Gasteiger partial charge on any atom is -0.454 e. The minimum absolute atomic E-state index is 0.0249. The minimum atomic E-state index is -0.283. The molecule has 0 bridgehead atoms. The van der Waals surface area contributed by atoms with Crippen LogP contribution < -0.4 is 19.7 Å². The number of benzene rings is 1. The predicted molar refractivity (Wildman–Crippen MR) is 90.2 cm³/mol. The molecular formula is C18H24N2O4. The lowest BCUT2D eigenvalue weighted by Crippen LogP contribution is -2.33. The molecule has 2 aliphatic heterocycles. The quantitative estimate of drug-likeness (QED) is 0.779. The number of nitrogens with zero attached hydrogens (tertiary/aromatic N) is 1. The van der Waals surface area contributed by atoms with Gasteiger partial charge in [-0.15, -0.1) is 0 Å². The lowest BCUT2D eigenvalue weighted by atomic mass is 10.1. The van der Waals surface area contributed by atoms with Gasteiger partial charge in [-0.25, -0.2) is 0 Å². The summed E-state index contributed by atoms with van der Waals surface area (Å²) in [6, 6.07) is 5.42. The first-order chi connectivity index (χ1) is 11.7. The number of amides is 2. The summed E-state index contributed by atoms with van der Waals surface area (Å²) in [6.45, 7) is 3.47. The SMILES string of the molecule is CCCCCCNC(=O)C1CC(=O)N(c2ccc3c(c2)OCO3)C1. The van der Waals surface area contributed by atoms with E-state index in [4.69, 9.17) is 9.47 Å². The highest BCUT2D eigenvalue weighted by molar-refractivity contribution is 6.00. The summed E-state index contributed by atoms with van der Waals surface area (Å²) < 4.78 is 10.6. The van der Waals surface area contributed by atoms with E-state index in [1.165, 1.54) is 12.8 Å². The number of ether oxygens (including phenoxy) is 2. The van der Waals surface area contributed by atoms with Gasteiger partial charge in [-0.05, 0) is 18.6 Å². The molecule has 1 fully saturated rings. The van der Waals surface area contributed by atoms with E-state index in [1.807, 2.05) is 6.07 Å². The number of carbonyl (C=O) groups is 2. The van der Waals surface area contributed by atoms with E-state index in [0.29, 0.717) is 24.6 Å². The van der Waals surface area contributed by atoms with E-state index in [2.05, 4.69) is 12.2 Å². The second kappa shape index (κ2) is 7.55. The summed E-state index contributed by atoms with van der Waals surface area (Å²) in [5.74, 6) is 0.994. The zero-order valence-corrected chi connectivity index (χ0v) is 14.0. The van der Waals surface area contributed by atoms with Crippen molar-refractivity contribution < 1.29 is 19.1 Å². The molecule has 2 heterocycles. The fraction of sp³-hybridized carbons (Fsp3) is 0.556. The zero-order chi connectivity index (χ0) is 16.9. The topological polar surface area (TPSA) is 67.9 Å². The van der Waals surface area contributed by atoms with E-state index in [0.717, 1.165) is 18.5 Å². The summed E-state index contributed by atoms with van der Waals surface area (Å²) in [4.78, 5) is 26.2. The van der Waals surface area contributed by atoms with Gasteiger partial charge in [0, 0.05) is 31.3 Å². The second-order valence-corrected chi connectivity index (χ2v) is 6.29. The molecule has 0 aromatic heterocycles. The molecule has 24 heavy (non-hydrogen) atoms. The van der Waals surface area contributed by atoms with Crippen LogP contribution in [0, 0.1) is 5.92 Å². The largest absolute Gasteiger partial charge is 0.454 e. The van der Waals surface area contributed by atoms with Crippen molar-refractivity contribution in [3.63, 3.8) is 0 Å². The Hall–Kier alpha value is -2.24. The molecule has 6 heteroatoms. The number of unbranched alkanes of at least 4 members (excludes halogenated alkanes) is 3. The van der Waals surface area contributed by atoms with Gasteiger partial charge in [0.05, 0.1) is 5.92 Å². The molecule has 0 aliphatic carbocycles. The van der Waals surface area contributed by atoms with Crippen LogP contribution >= 0.6 is 0 Å². The normalized spacial score (nSPS) is 19.0. The molecule has 2 aliphatic rings. The third kappa shape index (κ3) is 3.63. The molecule has 0 spiro atoms. The van der Waals surface area contributed by atoms with Gasteiger partial charge in [0.25, 0.3) is 0 Å². The molecule has 130 valence electrons. The molecule has 1 atom stereocenters. The third-order valence-corrected chi connectivity index (χ3v) is 4.49. The Morgan fingerprint density at radius 1 is 1.25 bits per heavy atom. The molecule has 1 aromatic rings. The molecule has 2 amide bonds. The number of hydrogen-bond donors (Lipinski definition) is 1. The third-order valence-electron chi connectivity index (χ3n) is 4.49. The van der Waals surface area contributed by atoms with Crippen LogP contribution in [0.15, 0.2) is 18.2 Å². The number of hydrogen-bond acceptors (Lipinski definition) is 4. The highest BCUT2D eigenvalue weighted by atomic mass is 16.7. The van der Waals surface area contributed by atoms with Gasteiger partial charge in [0.2, 0.25) is 18.6 Å². The van der Waals surface area contributed by atoms with Crippen LogP contribution in [0.5, 0.6) is 11.5 Å². The number of carbonyl (C=O) groups excluding carboxylic acids is 2. The summed E-state index contributed by atoms with van der Waals surface area (Å²) in [6.07, 6.45) is 4.75. The van der Waals surface area contributed by atoms with Crippen LogP contribution in [0.2, 0.25) is 0 Å². The predicted octanol–water partition coefficient (Wildman–Crippen LogP) is 2.46. The molecule has 0 radical (unpaired) electrons.